The number of hydrogen-bond donors (Lipinski definition) is 5. The standard InChI is InChI=1S/C25H26N10O7S3/c1-33-10-28-35-14(33)6-13(26)30-24(35)45-8-11-7-43-20-16(19(37)34(20)17(11)21(38)39)31-18(36)15(12-9-44-23(27)29-12)32-42-25(22(40)41)4-2-3-5-25/h6,9-10,16,20,26H,2-5,7-8H2,1H3,(H5,27,29,31,36,38,39,40,41)/p+1/b32-15-/t16?,20-/m0/s1. The number of rotatable bonds is 10. The Morgan fingerprint density at radius 2 is 2.02 bits per heavy atom. The van der Waals surface area contributed by atoms with Crippen LogP contribution in [-0.2, 0) is 31.1 Å². The van der Waals surface area contributed by atoms with Gasteiger partial charge in [0.2, 0.25) is 5.60 Å². The average molecular weight is 676 g/mol. The molecule has 3 aromatic rings. The molecule has 3 aliphatic rings. The fourth-order valence-corrected chi connectivity index (χ4v) is 8.30. The quantitative estimate of drug-likeness (QED) is 0.0468. The first-order chi connectivity index (χ1) is 21.5. The van der Waals surface area contributed by atoms with E-state index in [4.69, 9.17) is 16.3 Å². The molecule has 1 saturated heterocycles. The molecule has 2 amide bonds. The monoisotopic (exact) mass is 675 g/mol. The number of carboxylic acid groups (broad SMARTS) is 2. The van der Waals surface area contributed by atoms with Gasteiger partial charge < -0.3 is 31.8 Å². The van der Waals surface area contributed by atoms with Gasteiger partial charge in [-0.05, 0) is 22.9 Å². The Morgan fingerprint density at radius 1 is 1.27 bits per heavy atom. The van der Waals surface area contributed by atoms with Crippen LogP contribution in [0.1, 0.15) is 31.4 Å². The van der Waals surface area contributed by atoms with E-state index in [0.717, 1.165) is 16.2 Å². The molecule has 1 saturated carbocycles. The highest BCUT2D eigenvalue weighted by Gasteiger charge is 2.54. The molecule has 0 radical (unpaired) electrons. The number of nitrogens with one attached hydrogen (secondary N) is 1. The van der Waals surface area contributed by atoms with Crippen LogP contribution in [0.25, 0.3) is 5.65 Å². The fraction of sp³-hybridized carbons (Fsp3) is 0.400. The summed E-state index contributed by atoms with van der Waals surface area (Å²) in [5.41, 5.74) is 10.9. The molecule has 2 fully saturated rings. The van der Waals surface area contributed by atoms with Crippen LogP contribution in [0.2, 0.25) is 0 Å². The Hall–Kier alpha value is -4.43. The number of aromatic nitrogens is 5. The summed E-state index contributed by atoms with van der Waals surface area (Å²) in [5, 5.41) is 32.0. The summed E-state index contributed by atoms with van der Waals surface area (Å²) >= 11 is 3.57. The highest BCUT2D eigenvalue weighted by molar-refractivity contribution is 8.01. The number of amides is 2. The van der Waals surface area contributed by atoms with E-state index in [0.29, 0.717) is 29.2 Å². The largest absolute Gasteiger partial charge is 0.478 e. The normalized spacial score (nSPS) is 21.0. The number of carbonyl (C=O) groups excluding carboxylic acids is 2. The van der Waals surface area contributed by atoms with Crippen LogP contribution < -0.4 is 21.4 Å². The Kier molecular flexibility index (Phi) is 8.04. The highest BCUT2D eigenvalue weighted by Crippen LogP contribution is 2.41. The Balaban J connectivity index is 1.20. The summed E-state index contributed by atoms with van der Waals surface area (Å²) in [4.78, 5) is 66.1. The molecular weight excluding hydrogens is 649 g/mol. The lowest BCUT2D eigenvalue weighted by Crippen LogP contribution is -2.71. The Labute approximate surface area is 266 Å². The maximum Gasteiger partial charge on any atom is 0.352 e. The molecule has 45 heavy (non-hydrogen) atoms. The molecule has 2 atom stereocenters. The number of thiazole rings is 1. The van der Waals surface area contributed by atoms with Crippen LogP contribution >= 0.6 is 34.9 Å². The summed E-state index contributed by atoms with van der Waals surface area (Å²) in [5.74, 6) is -3.21. The Bertz CT molecular complexity index is 1800. The minimum atomic E-state index is -1.58. The van der Waals surface area contributed by atoms with Crippen LogP contribution in [0.4, 0.5) is 10.9 Å². The molecule has 6 rings (SSSR count). The van der Waals surface area contributed by atoms with Crippen molar-refractivity contribution in [2.75, 3.05) is 23.0 Å². The predicted octanol–water partition coefficient (Wildman–Crippen LogP) is -0.176. The van der Waals surface area contributed by atoms with Gasteiger partial charge in [0.05, 0.1) is 13.1 Å². The van der Waals surface area contributed by atoms with E-state index < -0.39 is 40.8 Å². The summed E-state index contributed by atoms with van der Waals surface area (Å²) in [7, 11) is 1.81. The molecule has 0 aromatic carbocycles. The summed E-state index contributed by atoms with van der Waals surface area (Å²) < 4.78 is 3.35. The van der Waals surface area contributed by atoms with Gasteiger partial charge in [0, 0.05) is 34.8 Å². The third-order valence-electron chi connectivity index (χ3n) is 7.61. The number of carboxylic acids is 2. The molecule has 7 N–H and O–H groups in total. The van der Waals surface area contributed by atoms with Crippen LogP contribution in [0.3, 0.4) is 0 Å². The number of β-lactam (4-membered cyclic amide) rings is 1. The lowest BCUT2D eigenvalue weighted by atomic mass is 10.0. The minimum Gasteiger partial charge on any atom is -0.478 e. The van der Waals surface area contributed by atoms with Crippen molar-refractivity contribution in [3.63, 3.8) is 0 Å². The number of aryl methyl sites for hydroxylation is 1. The number of carbonyl (C=O) groups is 4. The number of nitrogens with zero attached hydrogens (tertiary/aromatic N) is 7. The van der Waals surface area contributed by atoms with Crippen molar-refractivity contribution in [2.24, 2.45) is 12.2 Å². The smallest absolute Gasteiger partial charge is 0.352 e. The first-order valence-electron chi connectivity index (χ1n) is 13.5. The molecule has 0 bridgehead atoms. The van der Waals surface area contributed by atoms with Gasteiger partial charge in [-0.1, -0.05) is 16.9 Å². The van der Waals surface area contributed by atoms with Gasteiger partial charge in [-0.25, -0.2) is 19.1 Å². The molecule has 1 unspecified atom stereocenters. The van der Waals surface area contributed by atoms with Gasteiger partial charge in [-0.3, -0.25) is 14.5 Å². The second-order valence-electron chi connectivity index (χ2n) is 10.5. The summed E-state index contributed by atoms with van der Waals surface area (Å²) in [6, 6.07) is 0.587. The number of oxime groups is 1. The molecule has 236 valence electrons. The zero-order valence-electron chi connectivity index (χ0n) is 23.6. The first-order valence-corrected chi connectivity index (χ1v) is 16.4. The van der Waals surface area contributed by atoms with Gasteiger partial charge in [0.25, 0.3) is 28.9 Å². The second kappa shape index (κ2) is 11.8. The van der Waals surface area contributed by atoms with Crippen molar-refractivity contribution in [3.8, 4) is 0 Å². The molecule has 20 heteroatoms. The van der Waals surface area contributed by atoms with Crippen LogP contribution in [0.5, 0.6) is 0 Å². The van der Waals surface area contributed by atoms with E-state index in [1.165, 1.54) is 28.9 Å². The number of aliphatic carboxylic acids is 2. The SMILES string of the molecule is C[n+]1cnn2c(SCC3=C(C(=O)O)N4C(=O)C(NC(=O)/C(=N\OC5(C(=O)O)CCCC5)c5csc(N)n5)[C@@H]4SC3)nc(N)cc21. The van der Waals surface area contributed by atoms with E-state index in [-0.39, 0.29) is 52.4 Å². The molecule has 3 aromatic heterocycles. The van der Waals surface area contributed by atoms with E-state index in [1.54, 1.807) is 28.5 Å². The molecule has 1 aliphatic carbocycles. The van der Waals surface area contributed by atoms with Crippen molar-refractivity contribution in [2.45, 2.75) is 47.9 Å². The number of anilines is 2. The van der Waals surface area contributed by atoms with E-state index in [1.807, 2.05) is 0 Å². The lowest BCUT2D eigenvalue weighted by molar-refractivity contribution is -0.646. The second-order valence-corrected chi connectivity index (χ2v) is 13.4. The Morgan fingerprint density at radius 3 is 2.69 bits per heavy atom. The topological polar surface area (TPSA) is 245 Å². The van der Waals surface area contributed by atoms with Crippen molar-refractivity contribution in [3.05, 3.63) is 34.7 Å². The van der Waals surface area contributed by atoms with Gasteiger partial charge in [0.1, 0.15) is 28.6 Å². The van der Waals surface area contributed by atoms with Crippen LogP contribution in [-0.4, -0.2) is 92.7 Å². The summed E-state index contributed by atoms with van der Waals surface area (Å²) in [6.07, 6.45) is 3.29. The third kappa shape index (κ3) is 5.52. The number of fused-ring (bicyclic) bond motifs is 2. The molecule has 2 aliphatic heterocycles. The molecule has 0 spiro atoms. The number of thioether (sulfide) groups is 2. The zero-order chi connectivity index (χ0) is 32.0. The maximum atomic E-state index is 13.4. The van der Waals surface area contributed by atoms with Crippen molar-refractivity contribution >= 4 is 80.9 Å². The highest BCUT2D eigenvalue weighted by atomic mass is 32.2. The average Bonchev–Trinajstić information content (AvgIpc) is 3.75. The van der Waals surface area contributed by atoms with Crippen molar-refractivity contribution < 1.29 is 38.8 Å². The van der Waals surface area contributed by atoms with E-state index >= 15 is 0 Å². The predicted molar refractivity (Wildman–Crippen MR) is 162 cm³/mol. The molecule has 17 nitrogen and oxygen atoms in total. The number of nitrogens with two attached hydrogens (primary N) is 2. The van der Waals surface area contributed by atoms with E-state index in [9.17, 15) is 29.4 Å². The van der Waals surface area contributed by atoms with Crippen LogP contribution in [0.15, 0.2) is 39.4 Å². The lowest BCUT2D eigenvalue weighted by Gasteiger charge is -2.49. The molecular formula is C25H27N10O7S3+. The van der Waals surface area contributed by atoms with Crippen molar-refractivity contribution in [1.29, 1.82) is 0 Å². The van der Waals surface area contributed by atoms with E-state index in [2.05, 4.69) is 25.5 Å². The zero-order valence-corrected chi connectivity index (χ0v) is 26.0. The number of nitrogen functional groups attached to an aromatic ring is 2. The first kappa shape index (κ1) is 30.6. The van der Waals surface area contributed by atoms with Crippen LogP contribution in [0, 0.1) is 0 Å². The van der Waals surface area contributed by atoms with Gasteiger partial charge >= 0.3 is 11.9 Å². The summed E-state index contributed by atoms with van der Waals surface area (Å²) in [6.45, 7) is 0. The van der Waals surface area contributed by atoms with Gasteiger partial charge in [-0.15, -0.1) is 23.1 Å². The molecule has 5 heterocycles. The minimum absolute atomic E-state index is 0.0499. The fourth-order valence-electron chi connectivity index (χ4n) is 5.30. The third-order valence-corrected chi connectivity index (χ3v) is 10.6. The van der Waals surface area contributed by atoms with Gasteiger partial charge in [0.15, 0.2) is 10.8 Å². The van der Waals surface area contributed by atoms with Gasteiger partial charge in [-0.2, -0.15) is 4.98 Å². The van der Waals surface area contributed by atoms with Crippen molar-refractivity contribution in [1.82, 2.24) is 29.8 Å². The maximum absolute atomic E-state index is 13.4. The number of hydrogen-bond acceptors (Lipinski definition) is 14.